The number of fused-ring (bicyclic) bond motifs is 1. The van der Waals surface area contributed by atoms with Crippen LogP contribution in [0.15, 0.2) is 42.7 Å². The summed E-state index contributed by atoms with van der Waals surface area (Å²) in [6.07, 6.45) is 3.64. The zero-order valence-electron chi connectivity index (χ0n) is 17.8. The highest BCUT2D eigenvalue weighted by Gasteiger charge is 2.28. The van der Waals surface area contributed by atoms with E-state index in [1.807, 2.05) is 48.1 Å². The van der Waals surface area contributed by atoms with Crippen LogP contribution in [-0.4, -0.2) is 45.1 Å². The molecule has 0 spiro atoms. The Morgan fingerprint density at radius 3 is 2.70 bits per heavy atom. The van der Waals surface area contributed by atoms with Gasteiger partial charge in [0.25, 0.3) is 5.91 Å². The van der Waals surface area contributed by atoms with Crippen molar-refractivity contribution in [3.63, 3.8) is 0 Å². The maximum atomic E-state index is 13.1. The number of carbonyl (C=O) groups excluding carboxylic acids is 2. The maximum Gasteiger partial charge on any atom is 0.417 e. The van der Waals surface area contributed by atoms with Crippen molar-refractivity contribution in [2.24, 2.45) is 7.05 Å². The lowest BCUT2D eigenvalue weighted by atomic mass is 10.2. The summed E-state index contributed by atoms with van der Waals surface area (Å²) in [5.74, 6) is 0.606. The molecular weight excluding hydrogens is 400 g/mol. The molecule has 7 nitrogen and oxygen atoms in total. The Labute approximate surface area is 180 Å². The minimum absolute atomic E-state index is 0.273. The van der Waals surface area contributed by atoms with Gasteiger partial charge < -0.3 is 14.6 Å². The highest BCUT2D eigenvalue weighted by molar-refractivity contribution is 7.20. The fourth-order valence-electron chi connectivity index (χ4n) is 2.94. The zero-order valence-corrected chi connectivity index (χ0v) is 18.7. The summed E-state index contributed by atoms with van der Waals surface area (Å²) in [6, 6.07) is 9.63. The van der Waals surface area contributed by atoms with E-state index < -0.39 is 11.7 Å². The van der Waals surface area contributed by atoms with Gasteiger partial charge in [-0.25, -0.2) is 14.7 Å². The van der Waals surface area contributed by atoms with Crippen LogP contribution in [0, 0.1) is 0 Å². The number of benzene rings is 1. The summed E-state index contributed by atoms with van der Waals surface area (Å²) in [7, 11) is 1.94. The number of aryl methyl sites for hydroxylation is 1. The molecule has 0 fully saturated rings. The van der Waals surface area contributed by atoms with Gasteiger partial charge in [-0.3, -0.25) is 4.79 Å². The number of imidazole rings is 1. The Morgan fingerprint density at radius 2 is 2.03 bits per heavy atom. The molecule has 1 N–H and O–H groups in total. The highest BCUT2D eigenvalue weighted by atomic mass is 32.1. The third-order valence-electron chi connectivity index (χ3n) is 4.43. The number of rotatable bonds is 7. The summed E-state index contributed by atoms with van der Waals surface area (Å²) < 4.78 is 8.45. The molecule has 0 atom stereocenters. The molecule has 0 aliphatic carbocycles. The van der Waals surface area contributed by atoms with Crippen molar-refractivity contribution in [1.29, 1.82) is 0 Å². The molecule has 8 heteroatoms. The number of imide groups is 1. The van der Waals surface area contributed by atoms with E-state index in [1.54, 1.807) is 27.0 Å². The molecule has 3 aromatic rings. The molecule has 0 aliphatic rings. The normalized spacial score (nSPS) is 11.6. The summed E-state index contributed by atoms with van der Waals surface area (Å²) >= 11 is 1.39. The fraction of sp³-hybridized carbons (Fsp3) is 0.409. The third kappa shape index (κ3) is 5.67. The van der Waals surface area contributed by atoms with E-state index >= 15 is 0 Å². The minimum atomic E-state index is -0.674. The Hall–Kier alpha value is -2.71. The first kappa shape index (κ1) is 22.0. The van der Waals surface area contributed by atoms with Gasteiger partial charge in [0, 0.05) is 30.7 Å². The molecule has 0 saturated carbocycles. The Kier molecular flexibility index (Phi) is 6.89. The Bertz CT molecular complexity index is 986. The van der Waals surface area contributed by atoms with Gasteiger partial charge in [-0.15, -0.1) is 11.3 Å². The topological polar surface area (TPSA) is 76.5 Å². The smallest absolute Gasteiger partial charge is 0.417 e. The lowest BCUT2D eigenvalue weighted by Crippen LogP contribution is -2.41. The van der Waals surface area contributed by atoms with E-state index in [-0.39, 0.29) is 12.5 Å². The summed E-state index contributed by atoms with van der Waals surface area (Å²) in [5, 5.41) is 4.29. The second-order valence-corrected chi connectivity index (χ2v) is 9.15. The highest BCUT2D eigenvalue weighted by Crippen LogP contribution is 2.27. The van der Waals surface area contributed by atoms with Crippen molar-refractivity contribution in [3.8, 4) is 0 Å². The van der Waals surface area contributed by atoms with Gasteiger partial charge in [0.05, 0.1) is 11.4 Å². The van der Waals surface area contributed by atoms with Gasteiger partial charge >= 0.3 is 6.09 Å². The number of nitrogens with zero attached hydrogens (tertiary/aromatic N) is 3. The van der Waals surface area contributed by atoms with Crippen molar-refractivity contribution in [2.45, 2.75) is 39.3 Å². The summed E-state index contributed by atoms with van der Waals surface area (Å²) in [6.45, 7) is 6.92. The molecular formula is C22H28N4O3S. The van der Waals surface area contributed by atoms with Crippen molar-refractivity contribution < 1.29 is 14.3 Å². The molecule has 30 heavy (non-hydrogen) atoms. The predicted molar refractivity (Wildman–Crippen MR) is 119 cm³/mol. The van der Waals surface area contributed by atoms with Gasteiger partial charge in [-0.2, -0.15) is 0 Å². The summed E-state index contributed by atoms with van der Waals surface area (Å²) in [4.78, 5) is 31.9. The molecule has 0 radical (unpaired) electrons. The third-order valence-corrected chi connectivity index (χ3v) is 5.54. The van der Waals surface area contributed by atoms with Crippen LogP contribution in [0.4, 0.5) is 4.79 Å². The van der Waals surface area contributed by atoms with Crippen LogP contribution in [0.5, 0.6) is 0 Å². The number of thiophene rings is 1. The van der Waals surface area contributed by atoms with E-state index in [1.165, 1.54) is 16.2 Å². The number of hydrogen-bond donors (Lipinski definition) is 1. The van der Waals surface area contributed by atoms with Crippen LogP contribution >= 0.6 is 11.3 Å². The number of carbonyl (C=O) groups is 2. The molecule has 0 unspecified atom stereocenters. The van der Waals surface area contributed by atoms with Crippen LogP contribution < -0.4 is 5.32 Å². The monoisotopic (exact) mass is 428 g/mol. The van der Waals surface area contributed by atoms with Crippen LogP contribution in [0.1, 0.15) is 42.7 Å². The van der Waals surface area contributed by atoms with Gasteiger partial charge in [-0.1, -0.05) is 18.2 Å². The second-order valence-electron chi connectivity index (χ2n) is 8.07. The van der Waals surface area contributed by atoms with E-state index in [0.29, 0.717) is 24.4 Å². The first-order valence-corrected chi connectivity index (χ1v) is 10.8. The van der Waals surface area contributed by atoms with Gasteiger partial charge in [0.15, 0.2) is 0 Å². The fourth-order valence-corrected chi connectivity index (χ4v) is 3.95. The molecule has 0 bridgehead atoms. The molecule has 2 heterocycles. The summed E-state index contributed by atoms with van der Waals surface area (Å²) in [5.41, 5.74) is -0.674. The first-order chi connectivity index (χ1) is 14.2. The molecule has 3 rings (SSSR count). The zero-order chi connectivity index (χ0) is 21.7. The van der Waals surface area contributed by atoms with Gasteiger partial charge in [0.2, 0.25) is 0 Å². The van der Waals surface area contributed by atoms with Crippen LogP contribution in [0.25, 0.3) is 10.1 Å². The number of aromatic nitrogens is 2. The quantitative estimate of drug-likeness (QED) is 0.571. The average Bonchev–Trinajstić information content (AvgIpc) is 3.28. The molecule has 2 aromatic heterocycles. The van der Waals surface area contributed by atoms with Crippen LogP contribution in [-0.2, 0) is 18.3 Å². The average molecular weight is 429 g/mol. The molecule has 2 amide bonds. The second kappa shape index (κ2) is 9.40. The van der Waals surface area contributed by atoms with E-state index in [4.69, 9.17) is 4.74 Å². The van der Waals surface area contributed by atoms with Crippen LogP contribution in [0.3, 0.4) is 0 Å². The van der Waals surface area contributed by atoms with Crippen molar-refractivity contribution >= 4 is 33.4 Å². The lowest BCUT2D eigenvalue weighted by molar-refractivity contribution is 0.0241. The lowest BCUT2D eigenvalue weighted by Gasteiger charge is -2.26. The standard InChI is InChI=1S/C22H28N4O3S/c1-22(2,3)29-21(28)26(12-7-10-23-15-19-24-11-13-25(19)4)20(27)18-14-16-8-5-6-9-17(16)30-18/h5-6,8-9,11,13-14,23H,7,10,12,15H2,1-4H3. The molecule has 0 saturated heterocycles. The van der Waals surface area contributed by atoms with E-state index in [2.05, 4.69) is 10.3 Å². The van der Waals surface area contributed by atoms with E-state index in [9.17, 15) is 9.59 Å². The Balaban J connectivity index is 1.65. The number of ether oxygens (including phenoxy) is 1. The van der Waals surface area contributed by atoms with E-state index in [0.717, 1.165) is 15.9 Å². The molecule has 1 aromatic carbocycles. The Morgan fingerprint density at radius 1 is 1.27 bits per heavy atom. The van der Waals surface area contributed by atoms with Crippen molar-refractivity contribution in [2.75, 3.05) is 13.1 Å². The number of hydrogen-bond acceptors (Lipinski definition) is 6. The molecule has 0 aliphatic heterocycles. The number of amides is 2. The SMILES string of the molecule is Cn1ccnc1CNCCCN(C(=O)OC(C)(C)C)C(=O)c1cc2ccccc2s1. The van der Waals surface area contributed by atoms with Crippen molar-refractivity contribution in [1.82, 2.24) is 19.8 Å². The number of nitrogens with one attached hydrogen (secondary N) is 1. The van der Waals surface area contributed by atoms with Gasteiger partial charge in [-0.05, 0) is 51.3 Å². The van der Waals surface area contributed by atoms with Crippen molar-refractivity contribution in [3.05, 3.63) is 53.4 Å². The maximum absolute atomic E-state index is 13.1. The largest absolute Gasteiger partial charge is 0.443 e. The first-order valence-electron chi connectivity index (χ1n) is 9.95. The minimum Gasteiger partial charge on any atom is -0.443 e. The van der Waals surface area contributed by atoms with Gasteiger partial charge in [0.1, 0.15) is 11.4 Å². The predicted octanol–water partition coefficient (Wildman–Crippen LogP) is 4.19. The van der Waals surface area contributed by atoms with Crippen LogP contribution in [0.2, 0.25) is 0 Å². The molecule has 160 valence electrons.